The van der Waals surface area contributed by atoms with E-state index in [1.165, 1.54) is 0 Å². The molecule has 0 bridgehead atoms. The molecule has 0 saturated heterocycles. The normalized spacial score (nSPS) is 12.1. The van der Waals surface area contributed by atoms with Crippen LogP contribution in [-0.2, 0) is 11.2 Å². The van der Waals surface area contributed by atoms with Gasteiger partial charge in [0.1, 0.15) is 0 Å². The minimum Gasteiger partial charge on any atom is -0.395 e. The molecule has 0 saturated carbocycles. The number of rotatable bonds is 5. The Morgan fingerprint density at radius 1 is 1.40 bits per heavy atom. The summed E-state index contributed by atoms with van der Waals surface area (Å²) in [5.41, 5.74) is 1.11. The van der Waals surface area contributed by atoms with E-state index in [4.69, 9.17) is 5.11 Å². The second-order valence-electron chi connectivity index (χ2n) is 3.17. The van der Waals surface area contributed by atoms with Crippen molar-refractivity contribution in [3.8, 4) is 0 Å². The van der Waals surface area contributed by atoms with Crippen LogP contribution in [0.1, 0.15) is 5.56 Å². The first-order valence-electron chi connectivity index (χ1n) is 4.80. The monoisotopic (exact) mass is 271 g/mol. The van der Waals surface area contributed by atoms with E-state index in [0.717, 1.165) is 5.56 Å². The molecule has 0 aliphatic heterocycles. The van der Waals surface area contributed by atoms with Crippen LogP contribution in [0, 0.1) is 0 Å². The Hall–Kier alpha value is -0.870. The number of aliphatic hydroxyl groups is 1. The molecule has 3 nitrogen and oxygen atoms in total. The number of carbonyl (C=O) groups excluding carboxylic acids is 1. The van der Waals surface area contributed by atoms with Crippen LogP contribution in [-0.4, -0.2) is 29.0 Å². The molecule has 0 spiro atoms. The van der Waals surface area contributed by atoms with Crippen LogP contribution < -0.4 is 5.32 Å². The van der Waals surface area contributed by atoms with E-state index in [-0.39, 0.29) is 17.3 Å². The van der Waals surface area contributed by atoms with Crippen molar-refractivity contribution in [3.05, 3.63) is 35.9 Å². The van der Waals surface area contributed by atoms with Gasteiger partial charge in [0.15, 0.2) is 0 Å². The lowest BCUT2D eigenvalue weighted by Gasteiger charge is -2.09. The molecule has 1 aromatic rings. The summed E-state index contributed by atoms with van der Waals surface area (Å²) in [6.07, 6.45) is 0.651. The molecule has 1 atom stereocenters. The maximum atomic E-state index is 11.4. The second-order valence-corrected chi connectivity index (χ2v) is 4.28. The quantitative estimate of drug-likeness (QED) is 0.789. The summed E-state index contributed by atoms with van der Waals surface area (Å²) in [5, 5.41) is 11.2. The summed E-state index contributed by atoms with van der Waals surface area (Å²) >= 11 is 3.32. The van der Waals surface area contributed by atoms with Crippen LogP contribution in [0.15, 0.2) is 30.3 Å². The van der Waals surface area contributed by atoms with Crippen molar-refractivity contribution in [2.24, 2.45) is 0 Å². The summed E-state index contributed by atoms with van der Waals surface area (Å²) < 4.78 is 0. The fourth-order valence-corrected chi connectivity index (χ4v) is 1.74. The summed E-state index contributed by atoms with van der Waals surface area (Å²) in [6.45, 7) is 0.270. The predicted octanol–water partition coefficient (Wildman–Crippen LogP) is 1.10. The third-order valence-electron chi connectivity index (χ3n) is 1.95. The molecule has 2 N–H and O–H groups in total. The molecule has 1 unspecified atom stereocenters. The van der Waals surface area contributed by atoms with Crippen molar-refractivity contribution in [3.63, 3.8) is 0 Å². The van der Waals surface area contributed by atoms with E-state index in [2.05, 4.69) is 21.2 Å². The second kappa shape index (κ2) is 6.58. The number of benzene rings is 1. The van der Waals surface area contributed by atoms with E-state index < -0.39 is 0 Å². The van der Waals surface area contributed by atoms with Gasteiger partial charge < -0.3 is 10.4 Å². The fourth-order valence-electron chi connectivity index (χ4n) is 1.20. The van der Waals surface area contributed by atoms with Gasteiger partial charge in [-0.1, -0.05) is 46.3 Å². The molecule has 15 heavy (non-hydrogen) atoms. The third-order valence-corrected chi connectivity index (χ3v) is 2.69. The molecular formula is C11H14BrNO2. The van der Waals surface area contributed by atoms with Gasteiger partial charge in [-0.25, -0.2) is 0 Å². The van der Waals surface area contributed by atoms with Crippen LogP contribution in [0.2, 0.25) is 0 Å². The van der Waals surface area contributed by atoms with Gasteiger partial charge in [-0.15, -0.1) is 0 Å². The maximum absolute atomic E-state index is 11.4. The largest absolute Gasteiger partial charge is 0.395 e. The SMILES string of the molecule is O=C(NCCO)C(Br)Cc1ccccc1. The van der Waals surface area contributed by atoms with Crippen molar-refractivity contribution in [2.75, 3.05) is 13.2 Å². The minimum atomic E-state index is -0.244. The lowest BCUT2D eigenvalue weighted by atomic mass is 10.1. The number of alkyl halides is 1. The summed E-state index contributed by atoms with van der Waals surface area (Å²) in [5.74, 6) is -0.0899. The Morgan fingerprint density at radius 3 is 2.67 bits per heavy atom. The molecule has 82 valence electrons. The number of hydrogen-bond donors (Lipinski definition) is 2. The molecule has 4 heteroatoms. The van der Waals surface area contributed by atoms with Gasteiger partial charge in [-0.05, 0) is 12.0 Å². The lowest BCUT2D eigenvalue weighted by molar-refractivity contribution is -0.120. The van der Waals surface area contributed by atoms with E-state index >= 15 is 0 Å². The average molecular weight is 272 g/mol. The smallest absolute Gasteiger partial charge is 0.234 e. The van der Waals surface area contributed by atoms with Gasteiger partial charge in [0.2, 0.25) is 5.91 Å². The number of aliphatic hydroxyl groups excluding tert-OH is 1. The number of nitrogens with one attached hydrogen (secondary N) is 1. The standard InChI is InChI=1S/C11H14BrNO2/c12-10(11(15)13-6-7-14)8-9-4-2-1-3-5-9/h1-5,10,14H,6-8H2,(H,13,15). The van der Waals surface area contributed by atoms with E-state index in [1.807, 2.05) is 30.3 Å². The molecule has 0 aromatic heterocycles. The Labute approximate surface area is 97.6 Å². The van der Waals surface area contributed by atoms with Crippen LogP contribution in [0.5, 0.6) is 0 Å². The molecule has 0 fully saturated rings. The zero-order valence-corrected chi connectivity index (χ0v) is 9.90. The van der Waals surface area contributed by atoms with E-state index in [0.29, 0.717) is 13.0 Å². The molecule has 1 aromatic carbocycles. The summed E-state index contributed by atoms with van der Waals surface area (Å²) in [6, 6.07) is 9.79. The van der Waals surface area contributed by atoms with Crippen LogP contribution in [0.3, 0.4) is 0 Å². The van der Waals surface area contributed by atoms with Crippen LogP contribution >= 0.6 is 15.9 Å². The first-order valence-corrected chi connectivity index (χ1v) is 5.72. The van der Waals surface area contributed by atoms with Crippen molar-refractivity contribution in [2.45, 2.75) is 11.2 Å². The first-order chi connectivity index (χ1) is 7.24. The van der Waals surface area contributed by atoms with Crippen molar-refractivity contribution < 1.29 is 9.90 Å². The maximum Gasteiger partial charge on any atom is 0.234 e. The zero-order valence-electron chi connectivity index (χ0n) is 8.32. The van der Waals surface area contributed by atoms with Gasteiger partial charge in [-0.2, -0.15) is 0 Å². The first kappa shape index (κ1) is 12.2. The van der Waals surface area contributed by atoms with Crippen molar-refractivity contribution in [1.29, 1.82) is 0 Å². The highest BCUT2D eigenvalue weighted by atomic mass is 79.9. The molecule has 0 radical (unpaired) electrons. The van der Waals surface area contributed by atoms with Gasteiger partial charge in [0, 0.05) is 6.54 Å². The Bertz CT molecular complexity index is 303. The highest BCUT2D eigenvalue weighted by Crippen LogP contribution is 2.09. The highest BCUT2D eigenvalue weighted by molar-refractivity contribution is 9.10. The predicted molar refractivity (Wildman–Crippen MR) is 63.0 cm³/mol. The third kappa shape index (κ3) is 4.44. The van der Waals surface area contributed by atoms with Crippen molar-refractivity contribution in [1.82, 2.24) is 5.32 Å². The number of halogens is 1. The molecule has 0 aliphatic carbocycles. The van der Waals surface area contributed by atoms with Gasteiger partial charge in [0.25, 0.3) is 0 Å². The van der Waals surface area contributed by atoms with Crippen LogP contribution in [0.4, 0.5) is 0 Å². The van der Waals surface area contributed by atoms with Gasteiger partial charge in [-0.3, -0.25) is 4.79 Å². The molecule has 1 amide bonds. The average Bonchev–Trinajstić information content (AvgIpc) is 2.27. The highest BCUT2D eigenvalue weighted by Gasteiger charge is 2.14. The molecule has 0 heterocycles. The number of hydrogen-bond acceptors (Lipinski definition) is 2. The van der Waals surface area contributed by atoms with Crippen molar-refractivity contribution >= 4 is 21.8 Å². The molecule has 1 rings (SSSR count). The number of amides is 1. The van der Waals surface area contributed by atoms with E-state index in [9.17, 15) is 4.79 Å². The molecular weight excluding hydrogens is 258 g/mol. The Balaban J connectivity index is 2.41. The topological polar surface area (TPSA) is 49.3 Å². The minimum absolute atomic E-state index is 0.0310. The van der Waals surface area contributed by atoms with Gasteiger partial charge >= 0.3 is 0 Å². The summed E-state index contributed by atoms with van der Waals surface area (Å²) in [4.78, 5) is 11.2. The van der Waals surface area contributed by atoms with E-state index in [1.54, 1.807) is 0 Å². The lowest BCUT2D eigenvalue weighted by Crippen LogP contribution is -2.34. The summed E-state index contributed by atoms with van der Waals surface area (Å²) in [7, 11) is 0. The Morgan fingerprint density at radius 2 is 2.07 bits per heavy atom. The molecule has 0 aliphatic rings. The van der Waals surface area contributed by atoms with Crippen LogP contribution in [0.25, 0.3) is 0 Å². The Kier molecular flexibility index (Phi) is 5.36. The zero-order chi connectivity index (χ0) is 11.1. The fraction of sp³-hybridized carbons (Fsp3) is 0.364. The van der Waals surface area contributed by atoms with Gasteiger partial charge in [0.05, 0.1) is 11.4 Å². The number of carbonyl (C=O) groups is 1.